The van der Waals surface area contributed by atoms with Crippen molar-refractivity contribution in [2.45, 2.75) is 18.7 Å². The summed E-state index contributed by atoms with van der Waals surface area (Å²) in [6.07, 6.45) is -9.17. The summed E-state index contributed by atoms with van der Waals surface area (Å²) in [7, 11) is 0. The molecule has 1 N–H and O–H groups in total. The summed E-state index contributed by atoms with van der Waals surface area (Å²) in [5, 5.41) is 13.2. The van der Waals surface area contributed by atoms with Crippen molar-refractivity contribution in [3.05, 3.63) is 60.4 Å². The maximum atomic E-state index is 12.9. The van der Waals surface area contributed by atoms with Crippen molar-refractivity contribution in [2.75, 3.05) is 6.61 Å². The van der Waals surface area contributed by atoms with Gasteiger partial charge in [-0.1, -0.05) is 24.3 Å². The summed E-state index contributed by atoms with van der Waals surface area (Å²) in [4.78, 5) is 4.16. The van der Waals surface area contributed by atoms with Gasteiger partial charge in [-0.3, -0.25) is 0 Å². The van der Waals surface area contributed by atoms with Crippen molar-refractivity contribution in [2.24, 2.45) is 0 Å². The smallest absolute Gasteiger partial charge is 0.426 e. The summed E-state index contributed by atoms with van der Waals surface area (Å²) in [5.74, 6) is -0.231. The van der Waals surface area contributed by atoms with E-state index in [4.69, 9.17) is 5.11 Å². The zero-order valence-electron chi connectivity index (χ0n) is 14.2. The Balaban J connectivity index is 1.75. The Morgan fingerprint density at radius 2 is 1.57 bits per heavy atom. The number of alkyl halides is 5. The molecule has 3 aromatic rings. The molecule has 1 heterocycles. The van der Waals surface area contributed by atoms with Crippen LogP contribution in [0.1, 0.15) is 5.56 Å². The van der Waals surface area contributed by atoms with E-state index in [-0.39, 0.29) is 6.61 Å². The lowest BCUT2D eigenvalue weighted by Crippen LogP contribution is -2.41. The highest BCUT2D eigenvalue weighted by atomic mass is 19.4. The lowest BCUT2D eigenvalue weighted by Gasteiger charge is -2.20. The highest BCUT2D eigenvalue weighted by molar-refractivity contribution is 5.55. The number of halogens is 5. The average molecular weight is 399 g/mol. The first-order valence-corrected chi connectivity index (χ1v) is 8.05. The van der Waals surface area contributed by atoms with Crippen molar-refractivity contribution in [1.82, 2.24) is 14.8 Å². The number of ether oxygens (including phenoxy) is 1. The van der Waals surface area contributed by atoms with Gasteiger partial charge >= 0.3 is 12.3 Å². The Kier molecular flexibility index (Phi) is 5.32. The van der Waals surface area contributed by atoms with Crippen molar-refractivity contribution in [1.29, 1.82) is 0 Å². The molecular formula is C18H14F5N3O2. The van der Waals surface area contributed by atoms with Crippen LogP contribution in [0, 0.1) is 0 Å². The molecule has 0 aliphatic carbocycles. The Hall–Kier alpha value is -3.01. The number of aromatic nitrogens is 3. The molecule has 0 radical (unpaired) electrons. The van der Waals surface area contributed by atoms with Crippen LogP contribution < -0.4 is 4.74 Å². The molecule has 10 heteroatoms. The molecule has 28 heavy (non-hydrogen) atoms. The number of rotatable bonds is 6. The van der Waals surface area contributed by atoms with Gasteiger partial charge in [-0.25, -0.2) is 9.67 Å². The van der Waals surface area contributed by atoms with E-state index in [1.807, 2.05) is 12.1 Å². The van der Waals surface area contributed by atoms with Crippen LogP contribution in [0.25, 0.3) is 17.1 Å². The molecule has 1 aromatic heterocycles. The third-order valence-corrected chi connectivity index (χ3v) is 3.78. The van der Waals surface area contributed by atoms with E-state index in [9.17, 15) is 22.0 Å². The zero-order valence-corrected chi connectivity index (χ0v) is 14.2. The normalized spacial score (nSPS) is 12.2. The Bertz CT molecular complexity index is 922. The zero-order chi connectivity index (χ0) is 20.4. The molecule has 0 fully saturated rings. The fraction of sp³-hybridized carbons (Fsp3) is 0.222. The topological polar surface area (TPSA) is 60.2 Å². The minimum atomic E-state index is -5.81. The van der Waals surface area contributed by atoms with Crippen LogP contribution in [-0.4, -0.2) is 38.8 Å². The summed E-state index contributed by atoms with van der Waals surface area (Å²) >= 11 is 0. The molecule has 0 bridgehead atoms. The molecule has 0 aliphatic rings. The highest BCUT2D eigenvalue weighted by Gasteiger charge is 2.61. The molecule has 0 amide bonds. The number of hydrogen-bond acceptors (Lipinski definition) is 4. The van der Waals surface area contributed by atoms with Crippen LogP contribution >= 0.6 is 0 Å². The number of benzene rings is 2. The van der Waals surface area contributed by atoms with Gasteiger partial charge in [0.05, 0.1) is 5.69 Å². The van der Waals surface area contributed by atoms with E-state index in [0.717, 1.165) is 23.3 Å². The lowest BCUT2D eigenvalue weighted by molar-refractivity contribution is -0.360. The molecule has 5 nitrogen and oxygen atoms in total. The van der Waals surface area contributed by atoms with Crippen molar-refractivity contribution in [3.8, 4) is 22.8 Å². The first kappa shape index (κ1) is 19.7. The molecule has 0 saturated carbocycles. The molecule has 148 valence electrons. The second-order valence-corrected chi connectivity index (χ2v) is 5.79. The van der Waals surface area contributed by atoms with Gasteiger partial charge in [0, 0.05) is 12.2 Å². The van der Waals surface area contributed by atoms with Gasteiger partial charge in [0.25, 0.3) is 0 Å². The van der Waals surface area contributed by atoms with Gasteiger partial charge in [0.1, 0.15) is 12.1 Å². The van der Waals surface area contributed by atoms with Gasteiger partial charge in [0.2, 0.25) is 0 Å². The van der Waals surface area contributed by atoms with Gasteiger partial charge in [-0.2, -0.15) is 22.0 Å². The highest BCUT2D eigenvalue weighted by Crippen LogP contribution is 2.37. The second kappa shape index (κ2) is 7.55. The molecule has 0 unspecified atom stereocenters. The SMILES string of the molecule is OCCc1ccc(-c2ncn(-c3ccc(OC(F)(F)C(F)(F)F)cc3)n2)cc1. The maximum Gasteiger partial charge on any atom is 0.499 e. The quantitative estimate of drug-likeness (QED) is 0.637. The van der Waals surface area contributed by atoms with Crippen LogP contribution in [0.3, 0.4) is 0 Å². The Morgan fingerprint density at radius 3 is 2.14 bits per heavy atom. The van der Waals surface area contributed by atoms with Gasteiger partial charge in [-0.15, -0.1) is 5.10 Å². The fourth-order valence-electron chi connectivity index (χ4n) is 2.34. The van der Waals surface area contributed by atoms with Crippen molar-refractivity contribution >= 4 is 0 Å². The van der Waals surface area contributed by atoms with Gasteiger partial charge in [-0.05, 0) is 36.2 Å². The molecule has 0 atom stereocenters. The molecule has 0 spiro atoms. The average Bonchev–Trinajstić information content (AvgIpc) is 3.12. The number of aliphatic hydroxyl groups is 1. The number of aliphatic hydroxyl groups excluding tert-OH is 1. The third-order valence-electron chi connectivity index (χ3n) is 3.78. The van der Waals surface area contributed by atoms with Crippen LogP contribution in [0.5, 0.6) is 5.75 Å². The van der Waals surface area contributed by atoms with Crippen molar-refractivity contribution in [3.63, 3.8) is 0 Å². The summed E-state index contributed by atoms with van der Waals surface area (Å²) < 4.78 is 67.5. The van der Waals surface area contributed by atoms with E-state index in [2.05, 4.69) is 14.8 Å². The number of nitrogens with zero attached hydrogens (tertiary/aromatic N) is 3. The summed E-state index contributed by atoms with van der Waals surface area (Å²) in [5.41, 5.74) is 2.08. The first-order valence-electron chi connectivity index (χ1n) is 8.05. The monoisotopic (exact) mass is 399 g/mol. The minimum absolute atomic E-state index is 0.0425. The predicted molar refractivity (Wildman–Crippen MR) is 89.2 cm³/mol. The van der Waals surface area contributed by atoms with E-state index in [1.165, 1.54) is 23.1 Å². The van der Waals surface area contributed by atoms with Crippen LogP contribution in [0.15, 0.2) is 54.9 Å². The van der Waals surface area contributed by atoms with Gasteiger partial charge in [0.15, 0.2) is 5.82 Å². The summed E-state index contributed by atoms with van der Waals surface area (Å²) in [6.45, 7) is 0.0425. The Labute approximate surface area is 156 Å². The van der Waals surface area contributed by atoms with Crippen LogP contribution in [0.2, 0.25) is 0 Å². The van der Waals surface area contributed by atoms with Crippen molar-refractivity contribution < 1.29 is 31.8 Å². The van der Waals surface area contributed by atoms with E-state index < -0.39 is 18.0 Å². The molecule has 0 saturated heterocycles. The van der Waals surface area contributed by atoms with Crippen LogP contribution in [0.4, 0.5) is 22.0 Å². The van der Waals surface area contributed by atoms with E-state index in [0.29, 0.717) is 17.9 Å². The molecule has 0 aliphatic heterocycles. The summed E-state index contributed by atoms with van der Waals surface area (Å²) in [6, 6.07) is 11.8. The standard InChI is InChI=1S/C18H14F5N3O2/c19-17(20,21)18(22,23)28-15-7-5-14(6-8-15)26-11-24-16(25-26)13-3-1-12(2-4-13)9-10-27/h1-8,11,27H,9-10H2. The Morgan fingerprint density at radius 1 is 0.929 bits per heavy atom. The fourth-order valence-corrected chi connectivity index (χ4v) is 2.34. The minimum Gasteiger partial charge on any atom is -0.426 e. The maximum absolute atomic E-state index is 12.9. The van der Waals surface area contributed by atoms with E-state index in [1.54, 1.807) is 12.1 Å². The predicted octanol–water partition coefficient (Wildman–Crippen LogP) is 4.00. The van der Waals surface area contributed by atoms with Crippen LogP contribution in [-0.2, 0) is 6.42 Å². The molecule has 3 rings (SSSR count). The largest absolute Gasteiger partial charge is 0.499 e. The third kappa shape index (κ3) is 4.28. The van der Waals surface area contributed by atoms with E-state index >= 15 is 0 Å². The first-order chi connectivity index (χ1) is 13.2. The second-order valence-electron chi connectivity index (χ2n) is 5.79. The lowest BCUT2D eigenvalue weighted by atomic mass is 10.1. The molecular weight excluding hydrogens is 385 g/mol. The number of hydrogen-bond donors (Lipinski definition) is 1. The van der Waals surface area contributed by atoms with Gasteiger partial charge < -0.3 is 9.84 Å². The molecule has 2 aromatic carbocycles.